The summed E-state index contributed by atoms with van der Waals surface area (Å²) in [6.45, 7) is 3.19. The zero-order valence-corrected chi connectivity index (χ0v) is 18.7. The van der Waals surface area contributed by atoms with Crippen LogP contribution in [0.4, 0.5) is 0 Å². The number of nitrogens with zero attached hydrogens (tertiary/aromatic N) is 1. The van der Waals surface area contributed by atoms with Crippen LogP contribution >= 0.6 is 0 Å². The molecule has 3 heteroatoms. The number of aliphatic hydroxyl groups is 1. The molecular formula is C29H31NO2. The molecule has 3 nitrogen and oxygen atoms in total. The Balaban J connectivity index is 1.48. The van der Waals surface area contributed by atoms with Crippen molar-refractivity contribution < 1.29 is 9.90 Å². The first-order valence-electron chi connectivity index (χ1n) is 11.4. The number of rotatable bonds is 6. The van der Waals surface area contributed by atoms with Gasteiger partial charge in [0.25, 0.3) is 0 Å². The van der Waals surface area contributed by atoms with Gasteiger partial charge < -0.3 is 10.0 Å². The van der Waals surface area contributed by atoms with Gasteiger partial charge in [0.1, 0.15) is 0 Å². The minimum absolute atomic E-state index is 0.0312. The van der Waals surface area contributed by atoms with Gasteiger partial charge in [-0.05, 0) is 54.9 Å². The molecule has 0 saturated carbocycles. The largest absolute Gasteiger partial charge is 0.385 e. The van der Waals surface area contributed by atoms with Crippen molar-refractivity contribution in [3.8, 4) is 0 Å². The molecule has 0 aliphatic carbocycles. The van der Waals surface area contributed by atoms with E-state index in [1.165, 1.54) is 11.1 Å². The molecule has 3 aromatic carbocycles. The Labute approximate surface area is 191 Å². The monoisotopic (exact) mass is 425 g/mol. The van der Waals surface area contributed by atoms with Crippen LogP contribution < -0.4 is 0 Å². The van der Waals surface area contributed by atoms with Crippen molar-refractivity contribution in [1.29, 1.82) is 0 Å². The third-order valence-corrected chi connectivity index (χ3v) is 6.46. The number of piperidine rings is 1. The average Bonchev–Trinajstić information content (AvgIpc) is 2.84. The van der Waals surface area contributed by atoms with E-state index in [2.05, 4.69) is 55.5 Å². The van der Waals surface area contributed by atoms with Gasteiger partial charge in [0, 0.05) is 19.2 Å². The molecule has 4 rings (SSSR count). The number of hydrogen-bond donors (Lipinski definition) is 1. The number of benzene rings is 3. The number of allylic oxidation sites excluding steroid dienone is 1. The highest BCUT2D eigenvalue weighted by atomic mass is 16.3. The van der Waals surface area contributed by atoms with Gasteiger partial charge >= 0.3 is 0 Å². The molecule has 164 valence electrons. The summed E-state index contributed by atoms with van der Waals surface area (Å²) in [7, 11) is 0. The van der Waals surface area contributed by atoms with E-state index in [1.54, 1.807) is 6.08 Å². The molecule has 0 radical (unpaired) electrons. The van der Waals surface area contributed by atoms with Crippen LogP contribution in [0.3, 0.4) is 0 Å². The summed E-state index contributed by atoms with van der Waals surface area (Å²) in [5.74, 6) is 0.0312. The van der Waals surface area contributed by atoms with Gasteiger partial charge in [-0.1, -0.05) is 90.5 Å². The van der Waals surface area contributed by atoms with E-state index in [1.807, 2.05) is 41.3 Å². The van der Waals surface area contributed by atoms with E-state index in [0.717, 1.165) is 29.5 Å². The number of carbonyl (C=O) groups excluding carboxylic acids is 1. The topological polar surface area (TPSA) is 40.5 Å². The van der Waals surface area contributed by atoms with E-state index in [4.69, 9.17) is 0 Å². The predicted octanol–water partition coefficient (Wildman–Crippen LogP) is 5.52. The number of amides is 1. The fraction of sp³-hybridized carbons (Fsp3) is 0.276. The second-order valence-corrected chi connectivity index (χ2v) is 8.74. The molecule has 0 bridgehead atoms. The highest BCUT2D eigenvalue weighted by Gasteiger charge is 2.34. The van der Waals surface area contributed by atoms with Crippen LogP contribution in [0.15, 0.2) is 91.0 Å². The molecule has 3 aromatic rings. The lowest BCUT2D eigenvalue weighted by molar-refractivity contribution is -0.130. The Morgan fingerprint density at radius 1 is 0.906 bits per heavy atom. The van der Waals surface area contributed by atoms with Gasteiger partial charge in [-0.25, -0.2) is 0 Å². The molecule has 0 aromatic heterocycles. The Morgan fingerprint density at radius 3 is 2.12 bits per heavy atom. The van der Waals surface area contributed by atoms with Crippen molar-refractivity contribution in [2.24, 2.45) is 0 Å². The third kappa shape index (κ3) is 5.35. The molecular weight excluding hydrogens is 394 g/mol. The Hall–Kier alpha value is -3.17. The van der Waals surface area contributed by atoms with Crippen molar-refractivity contribution in [2.45, 2.75) is 38.2 Å². The second-order valence-electron chi connectivity index (χ2n) is 8.74. The minimum Gasteiger partial charge on any atom is -0.385 e. The highest BCUT2D eigenvalue weighted by Crippen LogP contribution is 2.33. The van der Waals surface area contributed by atoms with Crippen molar-refractivity contribution >= 4 is 11.5 Å². The van der Waals surface area contributed by atoms with Crippen LogP contribution in [0, 0.1) is 6.92 Å². The fourth-order valence-electron chi connectivity index (χ4n) is 4.37. The summed E-state index contributed by atoms with van der Waals surface area (Å²) >= 11 is 0. The van der Waals surface area contributed by atoms with Crippen LogP contribution in [-0.4, -0.2) is 29.0 Å². The summed E-state index contributed by atoms with van der Waals surface area (Å²) in [6.07, 6.45) is 4.61. The summed E-state index contributed by atoms with van der Waals surface area (Å²) in [5, 5.41) is 11.1. The summed E-state index contributed by atoms with van der Waals surface area (Å²) in [6, 6.07) is 28.6. The minimum atomic E-state index is -0.852. The molecule has 0 atom stereocenters. The highest BCUT2D eigenvalue weighted by molar-refractivity contribution is 5.95. The lowest BCUT2D eigenvalue weighted by Crippen LogP contribution is -2.44. The van der Waals surface area contributed by atoms with Crippen molar-refractivity contribution in [2.75, 3.05) is 13.1 Å². The zero-order valence-electron chi connectivity index (χ0n) is 18.7. The molecule has 1 N–H and O–H groups in total. The SMILES string of the molecule is Cc1ccc(/C(=C\C(=O)N2CCC(O)(c3ccccc3)CC2)CCc2ccccc2)cc1. The maximum absolute atomic E-state index is 13.2. The molecule has 1 amide bonds. The van der Waals surface area contributed by atoms with Gasteiger partial charge in [0.2, 0.25) is 5.91 Å². The van der Waals surface area contributed by atoms with Crippen LogP contribution in [0.2, 0.25) is 0 Å². The van der Waals surface area contributed by atoms with Crippen LogP contribution in [0.1, 0.15) is 41.5 Å². The standard InChI is InChI=1S/C29H31NO2/c1-23-12-15-25(16-13-23)26(17-14-24-8-4-2-5-9-24)22-28(31)30-20-18-29(32,19-21-30)27-10-6-3-7-11-27/h2-13,15-16,22,32H,14,17-21H2,1H3/b26-22-. The van der Waals surface area contributed by atoms with E-state index in [-0.39, 0.29) is 5.91 Å². The van der Waals surface area contributed by atoms with Gasteiger partial charge in [-0.2, -0.15) is 0 Å². The van der Waals surface area contributed by atoms with Crippen LogP contribution in [0.25, 0.3) is 5.57 Å². The summed E-state index contributed by atoms with van der Waals surface area (Å²) < 4.78 is 0. The average molecular weight is 426 g/mol. The first kappa shape index (κ1) is 22.0. The van der Waals surface area contributed by atoms with E-state index < -0.39 is 5.60 Å². The molecule has 1 saturated heterocycles. The molecule has 32 heavy (non-hydrogen) atoms. The van der Waals surface area contributed by atoms with Gasteiger partial charge in [0.05, 0.1) is 5.60 Å². The van der Waals surface area contributed by atoms with Gasteiger partial charge in [-0.3, -0.25) is 4.79 Å². The van der Waals surface area contributed by atoms with Crippen LogP contribution in [0.5, 0.6) is 0 Å². The number of aryl methyl sites for hydroxylation is 2. The summed E-state index contributed by atoms with van der Waals surface area (Å²) in [5.41, 5.74) is 4.71. The molecule has 1 aliphatic heterocycles. The Kier molecular flexibility index (Phi) is 6.87. The molecule has 0 unspecified atom stereocenters. The van der Waals surface area contributed by atoms with Gasteiger partial charge in [0.15, 0.2) is 0 Å². The van der Waals surface area contributed by atoms with Crippen molar-refractivity contribution in [3.05, 3.63) is 113 Å². The van der Waals surface area contributed by atoms with Crippen molar-refractivity contribution in [1.82, 2.24) is 4.90 Å². The number of carbonyl (C=O) groups is 1. The molecule has 1 fully saturated rings. The molecule has 0 spiro atoms. The predicted molar refractivity (Wildman–Crippen MR) is 130 cm³/mol. The maximum atomic E-state index is 13.2. The smallest absolute Gasteiger partial charge is 0.246 e. The van der Waals surface area contributed by atoms with E-state index in [9.17, 15) is 9.90 Å². The van der Waals surface area contributed by atoms with E-state index in [0.29, 0.717) is 25.9 Å². The Morgan fingerprint density at radius 2 is 1.50 bits per heavy atom. The normalized spacial score (nSPS) is 16.1. The first-order valence-corrected chi connectivity index (χ1v) is 11.4. The lowest BCUT2D eigenvalue weighted by Gasteiger charge is -2.38. The second kappa shape index (κ2) is 9.97. The summed E-state index contributed by atoms with van der Waals surface area (Å²) in [4.78, 5) is 15.0. The number of likely N-dealkylation sites (tertiary alicyclic amines) is 1. The maximum Gasteiger partial charge on any atom is 0.246 e. The van der Waals surface area contributed by atoms with Gasteiger partial charge in [-0.15, -0.1) is 0 Å². The van der Waals surface area contributed by atoms with Crippen molar-refractivity contribution in [3.63, 3.8) is 0 Å². The van der Waals surface area contributed by atoms with E-state index >= 15 is 0 Å². The third-order valence-electron chi connectivity index (χ3n) is 6.46. The molecule has 1 heterocycles. The number of hydrogen-bond acceptors (Lipinski definition) is 2. The zero-order chi connectivity index (χ0) is 22.4. The lowest BCUT2D eigenvalue weighted by atomic mass is 9.84. The fourth-order valence-corrected chi connectivity index (χ4v) is 4.37. The quantitative estimate of drug-likeness (QED) is 0.528. The van der Waals surface area contributed by atoms with Crippen LogP contribution in [-0.2, 0) is 16.8 Å². The first-order chi connectivity index (χ1) is 15.5. The Bertz CT molecular complexity index is 1050. The molecule has 1 aliphatic rings.